The second kappa shape index (κ2) is 6.28. The van der Waals surface area contributed by atoms with E-state index in [0.717, 1.165) is 36.1 Å². The van der Waals surface area contributed by atoms with Gasteiger partial charge in [0.05, 0.1) is 6.20 Å². The molecule has 7 heteroatoms. The van der Waals surface area contributed by atoms with Gasteiger partial charge >= 0.3 is 0 Å². The highest BCUT2D eigenvalue weighted by Gasteiger charge is 2.42. The van der Waals surface area contributed by atoms with Gasteiger partial charge in [-0.05, 0) is 31.6 Å². The summed E-state index contributed by atoms with van der Waals surface area (Å²) in [4.78, 5) is 19.3. The van der Waals surface area contributed by atoms with Gasteiger partial charge in [0, 0.05) is 25.7 Å². The number of halogens is 1. The van der Waals surface area contributed by atoms with E-state index in [-0.39, 0.29) is 24.4 Å². The van der Waals surface area contributed by atoms with Crippen LogP contribution >= 0.6 is 23.7 Å². The highest BCUT2D eigenvalue weighted by atomic mass is 35.5. The molecule has 3 rings (SSSR count). The van der Waals surface area contributed by atoms with Gasteiger partial charge in [-0.3, -0.25) is 4.79 Å². The van der Waals surface area contributed by atoms with Gasteiger partial charge in [-0.2, -0.15) is 0 Å². The van der Waals surface area contributed by atoms with E-state index in [1.807, 2.05) is 11.8 Å². The molecule has 1 aromatic heterocycles. The molecule has 1 amide bonds. The number of hydrogen-bond donors (Lipinski definition) is 2. The maximum Gasteiger partial charge on any atom is 0.265 e. The van der Waals surface area contributed by atoms with Crippen LogP contribution in [0.25, 0.3) is 0 Å². The topological polar surface area (TPSA) is 71.2 Å². The first-order chi connectivity index (χ1) is 9.19. The van der Waals surface area contributed by atoms with Crippen molar-refractivity contribution in [1.29, 1.82) is 0 Å². The standard InChI is InChI=1S/C13H20N4OS.ClH/c1-2-15-13-16-5-11(19-13)12(18)17-6-8-3-4-10(14)9(8)7-17;/h5,8-10H,2-4,6-7,14H2,1H3,(H,15,16);1H. The number of amides is 1. The van der Waals surface area contributed by atoms with Gasteiger partial charge in [-0.25, -0.2) is 4.98 Å². The van der Waals surface area contributed by atoms with E-state index in [4.69, 9.17) is 5.73 Å². The van der Waals surface area contributed by atoms with Gasteiger partial charge in [0.2, 0.25) is 0 Å². The molecule has 2 fully saturated rings. The summed E-state index contributed by atoms with van der Waals surface area (Å²) in [6.45, 7) is 4.53. The third kappa shape index (κ3) is 2.77. The number of anilines is 1. The van der Waals surface area contributed by atoms with Crippen molar-refractivity contribution in [2.45, 2.75) is 25.8 Å². The highest BCUT2D eigenvalue weighted by molar-refractivity contribution is 7.17. The van der Waals surface area contributed by atoms with Gasteiger partial charge in [-0.15, -0.1) is 12.4 Å². The lowest BCUT2D eigenvalue weighted by Crippen LogP contribution is -2.33. The lowest BCUT2D eigenvalue weighted by Gasteiger charge is -2.17. The number of carbonyl (C=O) groups excluding carboxylic acids is 1. The molecule has 0 bridgehead atoms. The number of thiazole rings is 1. The van der Waals surface area contributed by atoms with E-state index in [9.17, 15) is 4.79 Å². The average molecular weight is 317 g/mol. The summed E-state index contributed by atoms with van der Waals surface area (Å²) in [6.07, 6.45) is 3.96. The number of likely N-dealkylation sites (tertiary alicyclic amines) is 1. The highest BCUT2D eigenvalue weighted by Crippen LogP contribution is 2.38. The molecule has 0 radical (unpaired) electrons. The number of hydrogen-bond acceptors (Lipinski definition) is 5. The minimum absolute atomic E-state index is 0. The number of carbonyl (C=O) groups is 1. The Morgan fingerprint density at radius 2 is 2.35 bits per heavy atom. The van der Waals surface area contributed by atoms with Gasteiger partial charge < -0.3 is 16.0 Å². The first-order valence-corrected chi connectivity index (χ1v) is 7.75. The van der Waals surface area contributed by atoms with Crippen molar-refractivity contribution < 1.29 is 4.79 Å². The zero-order chi connectivity index (χ0) is 13.4. The molecule has 1 aromatic rings. The Kier molecular flexibility index (Phi) is 4.88. The van der Waals surface area contributed by atoms with E-state index < -0.39 is 0 Å². The summed E-state index contributed by atoms with van der Waals surface area (Å²) < 4.78 is 0. The SMILES string of the molecule is CCNc1ncc(C(=O)N2CC3CCC(N)C3C2)s1.Cl. The predicted octanol–water partition coefficient (Wildman–Crippen LogP) is 1.81. The maximum atomic E-state index is 12.4. The number of rotatable bonds is 3. The Hall–Kier alpha value is -0.850. The van der Waals surface area contributed by atoms with Crippen molar-refractivity contribution in [2.75, 3.05) is 25.0 Å². The number of nitrogens with zero attached hydrogens (tertiary/aromatic N) is 2. The number of nitrogens with one attached hydrogen (secondary N) is 1. The van der Waals surface area contributed by atoms with Crippen LogP contribution in [0.3, 0.4) is 0 Å². The van der Waals surface area contributed by atoms with E-state index in [2.05, 4.69) is 10.3 Å². The zero-order valence-electron chi connectivity index (χ0n) is 11.5. The molecule has 2 heterocycles. The molecule has 0 aromatic carbocycles. The van der Waals surface area contributed by atoms with Crippen LogP contribution in [0.5, 0.6) is 0 Å². The predicted molar refractivity (Wildman–Crippen MR) is 83.6 cm³/mol. The van der Waals surface area contributed by atoms with Gasteiger partial charge in [-0.1, -0.05) is 11.3 Å². The van der Waals surface area contributed by atoms with Gasteiger partial charge in [0.15, 0.2) is 5.13 Å². The van der Waals surface area contributed by atoms with Crippen LogP contribution < -0.4 is 11.1 Å². The van der Waals surface area contributed by atoms with E-state index >= 15 is 0 Å². The van der Waals surface area contributed by atoms with E-state index in [1.54, 1.807) is 6.20 Å². The third-order valence-corrected chi connectivity index (χ3v) is 5.19. The quantitative estimate of drug-likeness (QED) is 0.892. The van der Waals surface area contributed by atoms with Gasteiger partial charge in [0.1, 0.15) is 4.88 Å². The fraction of sp³-hybridized carbons (Fsp3) is 0.692. The normalized spacial score (nSPS) is 28.1. The number of nitrogens with two attached hydrogens (primary N) is 1. The molecule has 20 heavy (non-hydrogen) atoms. The van der Waals surface area contributed by atoms with Gasteiger partial charge in [0.25, 0.3) is 5.91 Å². The Morgan fingerprint density at radius 1 is 1.55 bits per heavy atom. The Bertz CT molecular complexity index is 481. The molecule has 0 spiro atoms. The van der Waals surface area contributed by atoms with Crippen LogP contribution in [0, 0.1) is 11.8 Å². The average Bonchev–Trinajstić information content (AvgIpc) is 3.07. The summed E-state index contributed by atoms with van der Waals surface area (Å²) >= 11 is 1.44. The molecular weight excluding hydrogens is 296 g/mol. The molecule has 3 unspecified atom stereocenters. The van der Waals surface area contributed by atoms with E-state index in [0.29, 0.717) is 11.8 Å². The summed E-state index contributed by atoms with van der Waals surface area (Å²) in [5.41, 5.74) is 6.11. The first-order valence-electron chi connectivity index (χ1n) is 6.93. The molecule has 3 N–H and O–H groups in total. The molecule has 1 aliphatic carbocycles. The van der Waals surface area contributed by atoms with Crippen LogP contribution in [0.15, 0.2) is 6.20 Å². The van der Waals surface area contributed by atoms with Crippen LogP contribution in [-0.2, 0) is 0 Å². The minimum Gasteiger partial charge on any atom is -0.362 e. The molecule has 3 atom stereocenters. The van der Waals surface area contributed by atoms with Crippen molar-refractivity contribution in [1.82, 2.24) is 9.88 Å². The summed E-state index contributed by atoms with van der Waals surface area (Å²) in [6, 6.07) is 0.279. The smallest absolute Gasteiger partial charge is 0.265 e. The largest absolute Gasteiger partial charge is 0.362 e. The Balaban J connectivity index is 0.00000147. The number of aromatic nitrogens is 1. The summed E-state index contributed by atoms with van der Waals surface area (Å²) in [5, 5.41) is 3.96. The monoisotopic (exact) mass is 316 g/mol. The van der Waals surface area contributed by atoms with Crippen LogP contribution in [0.4, 0.5) is 5.13 Å². The molecule has 1 saturated carbocycles. The van der Waals surface area contributed by atoms with Crippen LogP contribution in [-0.4, -0.2) is 41.5 Å². The Labute approximate surface area is 129 Å². The van der Waals surface area contributed by atoms with Crippen molar-refractivity contribution in [3.63, 3.8) is 0 Å². The van der Waals surface area contributed by atoms with Crippen molar-refractivity contribution in [2.24, 2.45) is 17.6 Å². The lowest BCUT2D eigenvalue weighted by molar-refractivity contribution is 0.0784. The Morgan fingerprint density at radius 3 is 3.05 bits per heavy atom. The molecule has 5 nitrogen and oxygen atoms in total. The van der Waals surface area contributed by atoms with Crippen molar-refractivity contribution in [3.05, 3.63) is 11.1 Å². The van der Waals surface area contributed by atoms with Crippen molar-refractivity contribution >= 4 is 34.8 Å². The van der Waals surface area contributed by atoms with Crippen LogP contribution in [0.1, 0.15) is 29.4 Å². The summed E-state index contributed by atoms with van der Waals surface area (Å²) in [5.74, 6) is 1.23. The number of fused-ring (bicyclic) bond motifs is 1. The second-order valence-corrected chi connectivity index (χ2v) is 6.47. The maximum absolute atomic E-state index is 12.4. The van der Waals surface area contributed by atoms with Crippen LogP contribution in [0.2, 0.25) is 0 Å². The van der Waals surface area contributed by atoms with Crippen molar-refractivity contribution in [3.8, 4) is 0 Å². The molecular formula is C13H21ClN4OS. The lowest BCUT2D eigenvalue weighted by atomic mass is 9.98. The second-order valence-electron chi connectivity index (χ2n) is 5.44. The molecule has 1 saturated heterocycles. The first kappa shape index (κ1) is 15.5. The van der Waals surface area contributed by atoms with E-state index in [1.165, 1.54) is 17.8 Å². The molecule has 1 aliphatic heterocycles. The fourth-order valence-electron chi connectivity index (χ4n) is 3.24. The summed E-state index contributed by atoms with van der Waals surface area (Å²) in [7, 11) is 0. The third-order valence-electron chi connectivity index (χ3n) is 4.24. The molecule has 112 valence electrons. The minimum atomic E-state index is 0. The fourth-order valence-corrected chi connectivity index (χ4v) is 4.09. The zero-order valence-corrected chi connectivity index (χ0v) is 13.2. The molecule has 2 aliphatic rings.